The fraction of sp³-hybridized carbons (Fsp3) is 0.512. The first-order valence-corrected chi connectivity index (χ1v) is 18.1. The number of hydrogen-bond donors (Lipinski definition) is 3. The number of fused-ring (bicyclic) bond motifs is 1. The van der Waals surface area contributed by atoms with E-state index >= 15 is 0 Å². The molecule has 8 nitrogen and oxygen atoms in total. The van der Waals surface area contributed by atoms with Crippen LogP contribution in [0, 0.1) is 11.8 Å². The van der Waals surface area contributed by atoms with Gasteiger partial charge < -0.3 is 25.2 Å². The van der Waals surface area contributed by atoms with E-state index in [1.807, 2.05) is 87.5 Å². The van der Waals surface area contributed by atoms with Crippen LogP contribution in [0.15, 0.2) is 78.9 Å². The monoisotopic (exact) mass is 667 g/mol. The second-order valence-corrected chi connectivity index (χ2v) is 15.3. The molecule has 1 saturated carbocycles. The summed E-state index contributed by atoms with van der Waals surface area (Å²) < 4.78 is 13.6. The van der Waals surface area contributed by atoms with Crippen molar-refractivity contribution in [3.63, 3.8) is 0 Å². The topological polar surface area (TPSA) is 100 Å². The Balaban J connectivity index is 1.24. The standard InChI is InChI=1S/C41H53N3O5/c1-27-36(25-44-34-13-9-8-10-30(34)22-23-35(44)39(47)43-41(2,3)4)48-40(49-37(27)31-18-16-29(26-45)17-19-31)33-20-14-28(15-21-33)24-42-38(46)32-11-6-5-7-12-32/h5-7,11-12,14-21,27,30,34-37,40,45H,8-10,13,22-26H2,1-4H3,(H,42,46)(H,43,47)/t27-,30+,34+,35+,36+,37+,40+/m0/s1. The van der Waals surface area contributed by atoms with E-state index in [9.17, 15) is 14.7 Å². The number of aliphatic hydroxyl groups is 1. The number of amides is 2. The summed E-state index contributed by atoms with van der Waals surface area (Å²) in [6.45, 7) is 9.38. The van der Waals surface area contributed by atoms with Gasteiger partial charge in [0.15, 0.2) is 6.29 Å². The first-order valence-electron chi connectivity index (χ1n) is 18.1. The second-order valence-electron chi connectivity index (χ2n) is 15.3. The lowest BCUT2D eigenvalue weighted by Gasteiger charge is -2.51. The second kappa shape index (κ2) is 15.5. The predicted molar refractivity (Wildman–Crippen MR) is 190 cm³/mol. The minimum absolute atomic E-state index is 0.0105. The van der Waals surface area contributed by atoms with Crippen LogP contribution in [0.3, 0.4) is 0 Å². The van der Waals surface area contributed by atoms with Gasteiger partial charge in [-0.3, -0.25) is 14.5 Å². The molecule has 0 spiro atoms. The molecule has 262 valence electrons. The highest BCUT2D eigenvalue weighted by molar-refractivity contribution is 5.94. The Bertz CT molecular complexity index is 1540. The van der Waals surface area contributed by atoms with E-state index in [1.165, 1.54) is 19.3 Å². The first-order chi connectivity index (χ1) is 23.6. The van der Waals surface area contributed by atoms with E-state index in [0.29, 0.717) is 30.6 Å². The quantitative estimate of drug-likeness (QED) is 0.231. The van der Waals surface area contributed by atoms with Crippen LogP contribution in [0.1, 0.15) is 111 Å². The summed E-state index contributed by atoms with van der Waals surface area (Å²) in [5.74, 6) is 0.621. The zero-order valence-electron chi connectivity index (χ0n) is 29.4. The van der Waals surface area contributed by atoms with Crippen LogP contribution in [0.4, 0.5) is 0 Å². The maximum absolute atomic E-state index is 13.8. The Hall–Kier alpha value is -3.56. The average Bonchev–Trinajstić information content (AvgIpc) is 3.11. The number of likely N-dealkylation sites (tertiary alicyclic amines) is 1. The molecular formula is C41H53N3O5. The Labute approximate surface area is 291 Å². The summed E-state index contributed by atoms with van der Waals surface area (Å²) in [6.07, 6.45) is 5.71. The number of nitrogens with zero attached hydrogens (tertiary/aromatic N) is 1. The third kappa shape index (κ3) is 8.61. The van der Waals surface area contributed by atoms with Crippen molar-refractivity contribution in [1.29, 1.82) is 0 Å². The van der Waals surface area contributed by atoms with Crippen molar-refractivity contribution in [2.45, 2.75) is 115 Å². The molecular weight excluding hydrogens is 614 g/mol. The maximum Gasteiger partial charge on any atom is 0.251 e. The summed E-state index contributed by atoms with van der Waals surface area (Å²) in [7, 11) is 0. The van der Waals surface area contributed by atoms with Gasteiger partial charge in [-0.05, 0) is 81.2 Å². The summed E-state index contributed by atoms with van der Waals surface area (Å²) in [5, 5.41) is 16.0. The molecule has 2 aliphatic heterocycles. The molecule has 6 rings (SSSR count). The summed E-state index contributed by atoms with van der Waals surface area (Å²) in [6, 6.07) is 25.4. The number of aliphatic hydroxyl groups excluding tert-OH is 1. The van der Waals surface area contributed by atoms with Crippen molar-refractivity contribution in [2.24, 2.45) is 11.8 Å². The lowest BCUT2D eigenvalue weighted by molar-refractivity contribution is -0.278. The molecule has 2 heterocycles. The van der Waals surface area contributed by atoms with E-state index < -0.39 is 6.29 Å². The van der Waals surface area contributed by atoms with E-state index in [2.05, 4.69) is 22.5 Å². The Kier molecular flexibility index (Phi) is 11.2. The lowest BCUT2D eigenvalue weighted by Crippen LogP contribution is -2.61. The minimum atomic E-state index is -0.606. The molecule has 0 unspecified atom stereocenters. The van der Waals surface area contributed by atoms with Gasteiger partial charge in [-0.1, -0.05) is 86.5 Å². The van der Waals surface area contributed by atoms with Crippen molar-refractivity contribution in [2.75, 3.05) is 6.54 Å². The molecule has 2 saturated heterocycles. The molecule has 0 aromatic heterocycles. The Morgan fingerprint density at radius 1 is 0.837 bits per heavy atom. The summed E-state index contributed by atoms with van der Waals surface area (Å²) in [5.41, 5.74) is 4.11. The van der Waals surface area contributed by atoms with E-state index in [0.717, 1.165) is 41.5 Å². The fourth-order valence-electron chi connectivity index (χ4n) is 7.93. The van der Waals surface area contributed by atoms with Crippen molar-refractivity contribution >= 4 is 11.8 Å². The number of ether oxygens (including phenoxy) is 2. The third-order valence-corrected chi connectivity index (χ3v) is 10.6. The Morgan fingerprint density at radius 2 is 1.51 bits per heavy atom. The Morgan fingerprint density at radius 3 is 2.20 bits per heavy atom. The van der Waals surface area contributed by atoms with Crippen LogP contribution < -0.4 is 10.6 Å². The molecule has 49 heavy (non-hydrogen) atoms. The van der Waals surface area contributed by atoms with E-state index in [1.54, 1.807) is 12.1 Å². The van der Waals surface area contributed by atoms with Gasteiger partial charge >= 0.3 is 0 Å². The summed E-state index contributed by atoms with van der Waals surface area (Å²) in [4.78, 5) is 28.9. The lowest BCUT2D eigenvalue weighted by atomic mass is 9.75. The molecule has 0 bridgehead atoms. The normalized spacial score (nSPS) is 27.6. The number of carbonyl (C=O) groups excluding carboxylic acids is 2. The van der Waals surface area contributed by atoms with Crippen LogP contribution in [0.25, 0.3) is 0 Å². The molecule has 3 aromatic carbocycles. The van der Waals surface area contributed by atoms with Crippen molar-refractivity contribution in [3.05, 3.63) is 107 Å². The molecule has 8 heteroatoms. The maximum atomic E-state index is 13.8. The van der Waals surface area contributed by atoms with Crippen LogP contribution in [0.2, 0.25) is 0 Å². The zero-order valence-corrected chi connectivity index (χ0v) is 29.4. The van der Waals surface area contributed by atoms with Crippen LogP contribution >= 0.6 is 0 Å². The van der Waals surface area contributed by atoms with E-state index in [4.69, 9.17) is 9.47 Å². The van der Waals surface area contributed by atoms with Crippen molar-refractivity contribution in [3.8, 4) is 0 Å². The highest BCUT2D eigenvalue weighted by atomic mass is 16.7. The van der Waals surface area contributed by atoms with Crippen molar-refractivity contribution < 1.29 is 24.2 Å². The largest absolute Gasteiger partial charge is 0.392 e. The number of carbonyl (C=O) groups is 2. The highest BCUT2D eigenvalue weighted by Crippen LogP contribution is 2.44. The SMILES string of the molecule is C[C@H]1[C@@H](CN2[C@@H](C(=O)NC(C)(C)C)CC[C@H]3CCCC[C@H]32)O[C@@H](c2ccc(CNC(=O)c3ccccc3)cc2)O[C@H]1c1ccc(CO)cc1. The zero-order chi connectivity index (χ0) is 34.5. The number of nitrogens with one attached hydrogen (secondary N) is 2. The first kappa shape index (κ1) is 35.3. The van der Waals surface area contributed by atoms with E-state index in [-0.39, 0.29) is 48.1 Å². The third-order valence-electron chi connectivity index (χ3n) is 10.6. The van der Waals surface area contributed by atoms with Gasteiger partial charge in [0, 0.05) is 41.7 Å². The predicted octanol–water partition coefficient (Wildman–Crippen LogP) is 6.84. The molecule has 1 aliphatic carbocycles. The van der Waals surface area contributed by atoms with Crippen molar-refractivity contribution in [1.82, 2.24) is 15.5 Å². The van der Waals surface area contributed by atoms with Gasteiger partial charge in [-0.15, -0.1) is 0 Å². The number of rotatable bonds is 9. The van der Waals surface area contributed by atoms with Gasteiger partial charge in [0.2, 0.25) is 5.91 Å². The molecule has 2 amide bonds. The smallest absolute Gasteiger partial charge is 0.251 e. The minimum Gasteiger partial charge on any atom is -0.392 e. The van der Waals surface area contributed by atoms with Gasteiger partial charge in [0.25, 0.3) is 5.91 Å². The molecule has 7 atom stereocenters. The highest BCUT2D eigenvalue weighted by Gasteiger charge is 2.46. The summed E-state index contributed by atoms with van der Waals surface area (Å²) >= 11 is 0. The van der Waals surface area contributed by atoms with Crippen LogP contribution in [-0.4, -0.2) is 52.1 Å². The number of benzene rings is 3. The molecule has 3 aliphatic rings. The van der Waals surface area contributed by atoms with Crippen LogP contribution in [0.5, 0.6) is 0 Å². The molecule has 3 aromatic rings. The van der Waals surface area contributed by atoms with Gasteiger partial charge in [0.05, 0.1) is 24.9 Å². The molecule has 0 radical (unpaired) electrons. The average molecular weight is 668 g/mol. The molecule has 3 fully saturated rings. The van der Waals surface area contributed by atoms with Crippen LogP contribution in [-0.2, 0) is 27.4 Å². The number of piperidine rings is 1. The molecule has 3 N–H and O–H groups in total. The number of hydrogen-bond acceptors (Lipinski definition) is 6. The van der Waals surface area contributed by atoms with Gasteiger partial charge in [-0.25, -0.2) is 0 Å². The van der Waals surface area contributed by atoms with Gasteiger partial charge in [0.1, 0.15) is 0 Å². The fourth-order valence-corrected chi connectivity index (χ4v) is 7.93. The van der Waals surface area contributed by atoms with Gasteiger partial charge in [-0.2, -0.15) is 0 Å².